The van der Waals surface area contributed by atoms with Crippen LogP contribution in [0.2, 0.25) is 0 Å². The Morgan fingerprint density at radius 3 is 2.52 bits per heavy atom. The van der Waals surface area contributed by atoms with Gasteiger partial charge in [-0.3, -0.25) is 0 Å². The van der Waals surface area contributed by atoms with Crippen LogP contribution in [0.1, 0.15) is 26.2 Å². The highest BCUT2D eigenvalue weighted by molar-refractivity contribution is 5.89. The van der Waals surface area contributed by atoms with Crippen molar-refractivity contribution in [3.63, 3.8) is 0 Å². The third-order valence-corrected chi connectivity index (χ3v) is 3.69. The van der Waals surface area contributed by atoms with E-state index in [1.165, 1.54) is 6.42 Å². The number of carbonyl (C=O) groups excluding carboxylic acids is 1. The zero-order valence-corrected chi connectivity index (χ0v) is 12.3. The monoisotopic (exact) mass is 290 g/mol. The third-order valence-electron chi connectivity index (χ3n) is 3.69. The Bertz CT molecular complexity index is 467. The number of hydrogen-bond acceptors (Lipinski definition) is 4. The smallest absolute Gasteiger partial charge is 0.319 e. The molecule has 0 spiro atoms. The van der Waals surface area contributed by atoms with Crippen LogP contribution < -0.4 is 10.6 Å². The van der Waals surface area contributed by atoms with Crippen molar-refractivity contribution in [2.75, 3.05) is 25.0 Å². The Morgan fingerprint density at radius 1 is 1.29 bits per heavy atom. The van der Waals surface area contributed by atoms with Gasteiger partial charge in [-0.15, -0.1) is 4.91 Å². The van der Waals surface area contributed by atoms with Crippen molar-refractivity contribution in [3.05, 3.63) is 29.2 Å². The quantitative estimate of drug-likeness (QED) is 0.818. The maximum Gasteiger partial charge on any atom is 0.319 e. The molecule has 0 bridgehead atoms. The zero-order valence-electron chi connectivity index (χ0n) is 12.3. The molecule has 1 fully saturated rings. The minimum Gasteiger partial charge on any atom is -0.335 e. The van der Waals surface area contributed by atoms with E-state index in [4.69, 9.17) is 0 Å². The first-order chi connectivity index (χ1) is 10.2. The minimum absolute atomic E-state index is 0.198. The number of nitrogens with one attached hydrogen (secondary N) is 2. The summed E-state index contributed by atoms with van der Waals surface area (Å²) in [5.74, 6) is 0. The van der Waals surface area contributed by atoms with Crippen LogP contribution in [0.25, 0.3) is 0 Å². The molecule has 2 amide bonds. The van der Waals surface area contributed by atoms with E-state index in [9.17, 15) is 9.70 Å². The van der Waals surface area contributed by atoms with Crippen molar-refractivity contribution < 1.29 is 4.79 Å². The van der Waals surface area contributed by atoms with E-state index in [2.05, 4.69) is 27.6 Å². The van der Waals surface area contributed by atoms with Gasteiger partial charge in [-0.05, 0) is 55.2 Å². The number of urea groups is 1. The van der Waals surface area contributed by atoms with E-state index in [0.717, 1.165) is 32.5 Å². The molecule has 1 aromatic carbocycles. The van der Waals surface area contributed by atoms with Crippen molar-refractivity contribution in [1.82, 2.24) is 10.2 Å². The first kappa shape index (κ1) is 15.4. The topological polar surface area (TPSA) is 73.8 Å². The average Bonchev–Trinajstić information content (AvgIpc) is 2.50. The van der Waals surface area contributed by atoms with Gasteiger partial charge in [0.2, 0.25) is 0 Å². The van der Waals surface area contributed by atoms with Crippen LogP contribution in [0, 0.1) is 4.91 Å². The normalized spacial score (nSPS) is 16.4. The molecule has 2 rings (SSSR count). The Kier molecular flexibility index (Phi) is 5.68. The summed E-state index contributed by atoms with van der Waals surface area (Å²) >= 11 is 0. The zero-order chi connectivity index (χ0) is 15.1. The van der Waals surface area contributed by atoms with E-state index < -0.39 is 0 Å². The fraction of sp³-hybridized carbons (Fsp3) is 0.533. The lowest BCUT2D eigenvalue weighted by atomic mass is 10.1. The van der Waals surface area contributed by atoms with Gasteiger partial charge in [0.15, 0.2) is 0 Å². The summed E-state index contributed by atoms with van der Waals surface area (Å²) in [6.45, 7) is 5.40. The molecule has 6 nitrogen and oxygen atoms in total. The molecular weight excluding hydrogens is 268 g/mol. The summed E-state index contributed by atoms with van der Waals surface area (Å²) in [6.07, 6.45) is 3.15. The molecule has 1 aliphatic rings. The Labute approximate surface area is 124 Å². The number of nitroso groups, excluding NO2 is 1. The highest BCUT2D eigenvalue weighted by Crippen LogP contribution is 2.16. The second-order valence-electron chi connectivity index (χ2n) is 5.35. The van der Waals surface area contributed by atoms with Crippen LogP contribution in [-0.4, -0.2) is 36.6 Å². The lowest BCUT2D eigenvalue weighted by molar-refractivity contribution is 0.196. The van der Waals surface area contributed by atoms with Crippen molar-refractivity contribution in [2.24, 2.45) is 5.18 Å². The van der Waals surface area contributed by atoms with Gasteiger partial charge in [-0.25, -0.2) is 4.79 Å². The number of rotatable bonds is 5. The first-order valence-electron chi connectivity index (χ1n) is 7.44. The number of nitrogens with zero attached hydrogens (tertiary/aromatic N) is 2. The number of benzene rings is 1. The molecule has 0 radical (unpaired) electrons. The third kappa shape index (κ3) is 4.82. The van der Waals surface area contributed by atoms with E-state index in [0.29, 0.717) is 11.4 Å². The largest absolute Gasteiger partial charge is 0.335 e. The molecule has 21 heavy (non-hydrogen) atoms. The maximum atomic E-state index is 11.9. The summed E-state index contributed by atoms with van der Waals surface area (Å²) in [5, 5.41) is 8.59. The fourth-order valence-electron chi connectivity index (χ4n) is 2.58. The highest BCUT2D eigenvalue weighted by Gasteiger charge is 2.19. The predicted octanol–water partition coefficient (Wildman–Crippen LogP) is 3.08. The molecule has 0 aromatic heterocycles. The van der Waals surface area contributed by atoms with Crippen LogP contribution in [0.15, 0.2) is 29.4 Å². The van der Waals surface area contributed by atoms with Gasteiger partial charge in [-0.1, -0.05) is 6.92 Å². The molecule has 114 valence electrons. The number of hydrogen-bond donors (Lipinski definition) is 2. The molecule has 0 unspecified atom stereocenters. The summed E-state index contributed by atoms with van der Waals surface area (Å²) in [7, 11) is 0. The van der Waals surface area contributed by atoms with Gasteiger partial charge in [-0.2, -0.15) is 0 Å². The van der Waals surface area contributed by atoms with Gasteiger partial charge >= 0.3 is 6.03 Å². The van der Waals surface area contributed by atoms with Crippen molar-refractivity contribution >= 4 is 17.4 Å². The van der Waals surface area contributed by atoms with Crippen molar-refractivity contribution in [1.29, 1.82) is 0 Å². The molecule has 6 heteroatoms. The van der Waals surface area contributed by atoms with Crippen LogP contribution in [-0.2, 0) is 0 Å². The van der Waals surface area contributed by atoms with Gasteiger partial charge in [0, 0.05) is 24.8 Å². The molecule has 1 heterocycles. The maximum absolute atomic E-state index is 11.9. The molecule has 1 saturated heterocycles. The van der Waals surface area contributed by atoms with E-state index >= 15 is 0 Å². The number of piperidine rings is 1. The Hall–Kier alpha value is -1.95. The first-order valence-corrected chi connectivity index (χ1v) is 7.44. The summed E-state index contributed by atoms with van der Waals surface area (Å²) < 4.78 is 0. The lowest BCUT2D eigenvalue weighted by Crippen LogP contribution is -2.46. The standard InChI is InChI=1S/C15H22N4O2/c1-2-9-19-10-7-13(8-11-19)17-15(20)16-12-3-5-14(18-21)6-4-12/h3-6,13H,2,7-11H2,1H3,(H2,16,17,20). The van der Waals surface area contributed by atoms with Crippen molar-refractivity contribution in [2.45, 2.75) is 32.2 Å². The molecule has 0 atom stereocenters. The molecule has 0 saturated carbocycles. The number of carbonyl (C=O) groups is 1. The SMILES string of the molecule is CCCN1CCC(NC(=O)Nc2ccc(N=O)cc2)CC1. The van der Waals surface area contributed by atoms with Gasteiger partial charge < -0.3 is 15.5 Å². The predicted molar refractivity (Wildman–Crippen MR) is 83.8 cm³/mol. The van der Waals surface area contributed by atoms with Gasteiger partial charge in [0.1, 0.15) is 5.69 Å². The van der Waals surface area contributed by atoms with Crippen LogP contribution in [0.3, 0.4) is 0 Å². The molecule has 0 aliphatic carbocycles. The van der Waals surface area contributed by atoms with Crippen LogP contribution in [0.5, 0.6) is 0 Å². The average molecular weight is 290 g/mol. The number of amides is 2. The Balaban J connectivity index is 1.75. The number of anilines is 1. The van der Waals surface area contributed by atoms with E-state index in [1.54, 1.807) is 24.3 Å². The number of likely N-dealkylation sites (tertiary alicyclic amines) is 1. The lowest BCUT2D eigenvalue weighted by Gasteiger charge is -2.32. The van der Waals surface area contributed by atoms with Crippen molar-refractivity contribution in [3.8, 4) is 0 Å². The molecule has 2 N–H and O–H groups in total. The molecule has 1 aromatic rings. The summed E-state index contributed by atoms with van der Waals surface area (Å²) in [6, 6.07) is 6.52. The molecule has 1 aliphatic heterocycles. The minimum atomic E-state index is -0.198. The van der Waals surface area contributed by atoms with E-state index in [-0.39, 0.29) is 12.1 Å². The second kappa shape index (κ2) is 7.73. The second-order valence-corrected chi connectivity index (χ2v) is 5.35. The van der Waals surface area contributed by atoms with Crippen LogP contribution in [0.4, 0.5) is 16.2 Å². The fourth-order valence-corrected chi connectivity index (χ4v) is 2.58. The highest BCUT2D eigenvalue weighted by atomic mass is 16.3. The summed E-state index contributed by atoms with van der Waals surface area (Å²) in [4.78, 5) is 24.7. The Morgan fingerprint density at radius 2 is 1.95 bits per heavy atom. The van der Waals surface area contributed by atoms with Gasteiger partial charge in [0.25, 0.3) is 0 Å². The van der Waals surface area contributed by atoms with Crippen LogP contribution >= 0.6 is 0 Å². The molecular formula is C15H22N4O2. The van der Waals surface area contributed by atoms with E-state index in [1.807, 2.05) is 0 Å². The summed E-state index contributed by atoms with van der Waals surface area (Å²) in [5.41, 5.74) is 1.01. The van der Waals surface area contributed by atoms with Gasteiger partial charge in [0.05, 0.1) is 0 Å².